The van der Waals surface area contributed by atoms with E-state index in [0.29, 0.717) is 37.1 Å². The summed E-state index contributed by atoms with van der Waals surface area (Å²) in [7, 11) is 0. The highest BCUT2D eigenvalue weighted by Crippen LogP contribution is 2.38. The smallest absolute Gasteiger partial charge is 0.255 e. The molecule has 4 fully saturated rings. The highest BCUT2D eigenvalue weighted by Gasteiger charge is 2.44. The largest absolute Gasteiger partial charge is 0.489 e. The van der Waals surface area contributed by atoms with E-state index >= 15 is 0 Å². The van der Waals surface area contributed by atoms with E-state index in [1.54, 1.807) is 11.0 Å². The van der Waals surface area contributed by atoms with Gasteiger partial charge in [-0.25, -0.2) is 4.39 Å². The number of amides is 3. The second-order valence-corrected chi connectivity index (χ2v) is 11.0. The van der Waals surface area contributed by atoms with Crippen LogP contribution < -0.4 is 10.1 Å². The third-order valence-corrected chi connectivity index (χ3v) is 8.80. The number of likely N-dealkylation sites (tertiary alicyclic amines) is 1. The fraction of sp³-hybridized carbons (Fsp3) is 0.667. The molecule has 9 heteroatoms. The van der Waals surface area contributed by atoms with Crippen LogP contribution in [0.5, 0.6) is 5.75 Å². The number of alkyl halides is 1. The van der Waals surface area contributed by atoms with Crippen molar-refractivity contribution in [2.24, 2.45) is 11.8 Å². The topological polar surface area (TPSA) is 88.2 Å². The number of imide groups is 1. The first-order valence-electron chi connectivity index (χ1n) is 13.4. The molecule has 3 saturated heterocycles. The van der Waals surface area contributed by atoms with E-state index in [1.165, 1.54) is 6.42 Å². The highest BCUT2D eigenvalue weighted by atomic mass is 19.1. The predicted molar refractivity (Wildman–Crippen MR) is 128 cm³/mol. The normalized spacial score (nSPS) is 33.8. The molecule has 0 spiro atoms. The molecule has 0 radical (unpaired) electrons. The monoisotopic (exact) mass is 499 g/mol. The third kappa shape index (κ3) is 4.41. The van der Waals surface area contributed by atoms with Crippen LogP contribution in [0.4, 0.5) is 4.39 Å². The van der Waals surface area contributed by atoms with E-state index < -0.39 is 18.1 Å². The minimum absolute atomic E-state index is 0.0666. The van der Waals surface area contributed by atoms with Gasteiger partial charge in [-0.3, -0.25) is 24.6 Å². The average molecular weight is 500 g/mol. The van der Waals surface area contributed by atoms with E-state index in [4.69, 9.17) is 9.47 Å². The van der Waals surface area contributed by atoms with Crippen LogP contribution in [0.25, 0.3) is 0 Å². The number of carbonyl (C=O) groups excluding carboxylic acids is 3. The van der Waals surface area contributed by atoms with Crippen LogP contribution >= 0.6 is 0 Å². The predicted octanol–water partition coefficient (Wildman–Crippen LogP) is 2.44. The number of rotatable bonds is 5. The maximum Gasteiger partial charge on any atom is 0.255 e. The number of carbonyl (C=O) groups is 3. The summed E-state index contributed by atoms with van der Waals surface area (Å²) in [6.45, 7) is 3.09. The molecule has 194 valence electrons. The molecule has 36 heavy (non-hydrogen) atoms. The molecule has 4 heterocycles. The summed E-state index contributed by atoms with van der Waals surface area (Å²) < 4.78 is 26.1. The quantitative estimate of drug-likeness (QED) is 0.627. The Bertz CT molecular complexity index is 1040. The van der Waals surface area contributed by atoms with Gasteiger partial charge in [0, 0.05) is 44.3 Å². The van der Waals surface area contributed by atoms with Crippen molar-refractivity contribution in [1.29, 1.82) is 0 Å². The molecule has 5 aliphatic rings. The molecule has 0 bridgehead atoms. The third-order valence-electron chi connectivity index (χ3n) is 8.80. The number of halogens is 1. The first kappa shape index (κ1) is 23.9. The van der Waals surface area contributed by atoms with Crippen LogP contribution in [0, 0.1) is 11.8 Å². The van der Waals surface area contributed by atoms with Gasteiger partial charge in [0.05, 0.1) is 6.61 Å². The van der Waals surface area contributed by atoms with E-state index in [-0.39, 0.29) is 36.9 Å². The highest BCUT2D eigenvalue weighted by molar-refractivity contribution is 6.05. The first-order chi connectivity index (χ1) is 17.5. The number of benzene rings is 1. The number of nitrogens with one attached hydrogen (secondary N) is 1. The van der Waals surface area contributed by atoms with Gasteiger partial charge < -0.3 is 14.4 Å². The van der Waals surface area contributed by atoms with Gasteiger partial charge in [0.2, 0.25) is 11.8 Å². The second kappa shape index (κ2) is 9.74. The van der Waals surface area contributed by atoms with Gasteiger partial charge in [-0.1, -0.05) is 6.42 Å². The van der Waals surface area contributed by atoms with Gasteiger partial charge in [-0.05, 0) is 67.7 Å². The molecule has 3 amide bonds. The molecule has 1 aliphatic carbocycles. The Morgan fingerprint density at radius 1 is 1.06 bits per heavy atom. The molecular formula is C27H34FN3O5. The molecule has 5 atom stereocenters. The van der Waals surface area contributed by atoms with Crippen molar-refractivity contribution in [2.45, 2.75) is 75.8 Å². The maximum atomic E-state index is 14.3. The maximum absolute atomic E-state index is 14.3. The van der Waals surface area contributed by atoms with E-state index in [0.717, 1.165) is 50.1 Å². The van der Waals surface area contributed by atoms with Crippen molar-refractivity contribution in [3.05, 3.63) is 29.3 Å². The molecule has 1 saturated carbocycles. The number of fused-ring (bicyclic) bond motifs is 1. The Balaban J connectivity index is 1.10. The Hall–Kier alpha value is -2.52. The standard InChI is InChI=1S/C27H34FN3O5/c28-21-15-35-10-9-19(21)17-12-30(13-17)22-3-1-2-4-24(22)36-18-5-6-20-16(11-18)14-31(27(20)34)23-7-8-25(32)29-26(23)33/h5-6,11,17,19,21-24H,1-4,7-10,12-15H2,(H,29,32,33)/t19?,21-,22-,23?,24-/m1/s1. The van der Waals surface area contributed by atoms with E-state index in [9.17, 15) is 18.8 Å². The lowest BCUT2D eigenvalue weighted by molar-refractivity contribution is -0.136. The van der Waals surface area contributed by atoms with Crippen molar-refractivity contribution in [1.82, 2.24) is 15.1 Å². The summed E-state index contributed by atoms with van der Waals surface area (Å²) in [4.78, 5) is 40.8. The Morgan fingerprint density at radius 2 is 1.89 bits per heavy atom. The molecule has 1 aromatic carbocycles. The van der Waals surface area contributed by atoms with Crippen LogP contribution in [-0.4, -0.2) is 78.2 Å². The zero-order chi connectivity index (χ0) is 24.8. The summed E-state index contributed by atoms with van der Waals surface area (Å²) in [5, 5.41) is 2.34. The van der Waals surface area contributed by atoms with Gasteiger partial charge in [-0.15, -0.1) is 0 Å². The summed E-state index contributed by atoms with van der Waals surface area (Å²) in [5.41, 5.74) is 1.45. The molecule has 0 aromatic heterocycles. The van der Waals surface area contributed by atoms with Crippen molar-refractivity contribution in [3.63, 3.8) is 0 Å². The summed E-state index contributed by atoms with van der Waals surface area (Å²) in [5.74, 6) is 0.391. The minimum atomic E-state index is -0.849. The fourth-order valence-corrected chi connectivity index (χ4v) is 6.77. The van der Waals surface area contributed by atoms with Gasteiger partial charge in [0.1, 0.15) is 24.1 Å². The Labute approximate surface area is 210 Å². The lowest BCUT2D eigenvalue weighted by atomic mass is 9.77. The molecule has 1 aromatic rings. The lowest BCUT2D eigenvalue weighted by Crippen LogP contribution is -2.60. The minimum Gasteiger partial charge on any atom is -0.489 e. The molecular weight excluding hydrogens is 465 g/mol. The van der Waals surface area contributed by atoms with Crippen molar-refractivity contribution < 1.29 is 28.2 Å². The van der Waals surface area contributed by atoms with E-state index in [1.807, 2.05) is 12.1 Å². The Morgan fingerprint density at radius 3 is 2.69 bits per heavy atom. The molecule has 6 rings (SSSR count). The Kier molecular flexibility index (Phi) is 6.46. The zero-order valence-corrected chi connectivity index (χ0v) is 20.5. The zero-order valence-electron chi connectivity index (χ0n) is 20.5. The molecule has 2 unspecified atom stereocenters. The van der Waals surface area contributed by atoms with Crippen molar-refractivity contribution in [2.75, 3.05) is 26.3 Å². The van der Waals surface area contributed by atoms with E-state index in [2.05, 4.69) is 10.2 Å². The van der Waals surface area contributed by atoms with Crippen LogP contribution in [0.1, 0.15) is 60.9 Å². The lowest BCUT2D eigenvalue weighted by Gasteiger charge is -2.51. The first-order valence-corrected chi connectivity index (χ1v) is 13.4. The number of hydrogen-bond donors (Lipinski definition) is 1. The molecule has 1 N–H and O–H groups in total. The molecule has 8 nitrogen and oxygen atoms in total. The number of piperidine rings is 1. The van der Waals surface area contributed by atoms with Gasteiger partial charge in [0.15, 0.2) is 0 Å². The van der Waals surface area contributed by atoms with Crippen LogP contribution in [-0.2, 0) is 20.9 Å². The summed E-state index contributed by atoms with van der Waals surface area (Å²) >= 11 is 0. The van der Waals surface area contributed by atoms with Crippen molar-refractivity contribution in [3.8, 4) is 5.75 Å². The van der Waals surface area contributed by atoms with Gasteiger partial charge >= 0.3 is 0 Å². The fourth-order valence-electron chi connectivity index (χ4n) is 6.77. The molecule has 4 aliphatic heterocycles. The van der Waals surface area contributed by atoms with Crippen LogP contribution in [0.15, 0.2) is 18.2 Å². The van der Waals surface area contributed by atoms with Crippen LogP contribution in [0.2, 0.25) is 0 Å². The van der Waals surface area contributed by atoms with Gasteiger partial charge in [0.25, 0.3) is 5.91 Å². The SMILES string of the molecule is O=C1CCC(N2Cc3cc(O[C@@H]4CCCC[C@H]4N4CC(C5CCOC[C@H]5F)C4)ccc3C2=O)C(=O)N1. The summed E-state index contributed by atoms with van der Waals surface area (Å²) in [6.07, 6.45) is 4.98. The van der Waals surface area contributed by atoms with Crippen LogP contribution in [0.3, 0.4) is 0 Å². The average Bonchev–Trinajstić information content (AvgIpc) is 3.16. The number of nitrogens with zero attached hydrogens (tertiary/aromatic N) is 2. The van der Waals surface area contributed by atoms with Gasteiger partial charge in [-0.2, -0.15) is 0 Å². The number of ether oxygens (including phenoxy) is 2. The second-order valence-electron chi connectivity index (χ2n) is 11.0. The number of hydrogen-bond acceptors (Lipinski definition) is 6. The van der Waals surface area contributed by atoms with Crippen molar-refractivity contribution >= 4 is 17.7 Å². The summed E-state index contributed by atoms with van der Waals surface area (Å²) in [6, 6.07) is 5.28.